The molecule has 0 saturated heterocycles. The number of nitrogens with zero attached hydrogens (tertiary/aromatic N) is 2. The van der Waals surface area contributed by atoms with Crippen LogP contribution in [0.3, 0.4) is 0 Å². The molecule has 0 aliphatic carbocycles. The average Bonchev–Trinajstić information content (AvgIpc) is 2.38. The van der Waals surface area contributed by atoms with Crippen molar-refractivity contribution in [2.24, 2.45) is 4.99 Å². The van der Waals surface area contributed by atoms with E-state index in [1.54, 1.807) is 0 Å². The van der Waals surface area contributed by atoms with Gasteiger partial charge in [-0.05, 0) is 40.4 Å². The summed E-state index contributed by atoms with van der Waals surface area (Å²) in [6.45, 7) is 5.50. The first kappa shape index (κ1) is 21.8. The van der Waals surface area contributed by atoms with Crippen LogP contribution >= 0.6 is 24.0 Å². The van der Waals surface area contributed by atoms with E-state index in [1.807, 2.05) is 0 Å². The zero-order valence-corrected chi connectivity index (χ0v) is 15.6. The summed E-state index contributed by atoms with van der Waals surface area (Å²) in [5, 5.41) is 6.27. The molecule has 0 rings (SSSR count). The Bertz CT molecular complexity index is 272. The molecule has 0 heterocycles. The van der Waals surface area contributed by atoms with Crippen LogP contribution in [-0.2, 0) is 0 Å². The molecule has 0 saturated carbocycles. The number of unbranched alkanes of at least 4 members (excludes halogenated alkanes) is 4. The van der Waals surface area contributed by atoms with Crippen LogP contribution in [0.1, 0.15) is 39.0 Å². The molecule has 0 spiro atoms. The first-order valence-electron chi connectivity index (χ1n) is 7.31. The van der Waals surface area contributed by atoms with Crippen molar-refractivity contribution < 1.29 is 0 Å². The minimum atomic E-state index is 0. The van der Waals surface area contributed by atoms with Gasteiger partial charge in [0.1, 0.15) is 0 Å². The molecule has 5 heteroatoms. The second-order valence-corrected chi connectivity index (χ2v) is 4.89. The van der Waals surface area contributed by atoms with Crippen LogP contribution in [0.5, 0.6) is 0 Å². The van der Waals surface area contributed by atoms with Gasteiger partial charge in [-0.1, -0.05) is 25.2 Å². The van der Waals surface area contributed by atoms with Crippen LogP contribution in [-0.4, -0.2) is 51.1 Å². The van der Waals surface area contributed by atoms with Crippen LogP contribution < -0.4 is 10.6 Å². The third kappa shape index (κ3) is 15.6. The summed E-state index contributed by atoms with van der Waals surface area (Å²) in [5.41, 5.74) is 0. The van der Waals surface area contributed by atoms with E-state index in [4.69, 9.17) is 6.42 Å². The smallest absolute Gasteiger partial charge is 0.192 e. The van der Waals surface area contributed by atoms with E-state index in [0.717, 1.165) is 25.5 Å². The lowest BCUT2D eigenvalue weighted by Gasteiger charge is -2.09. The lowest BCUT2D eigenvalue weighted by atomic mass is 10.1. The second kappa shape index (κ2) is 16.6. The Morgan fingerprint density at radius 2 is 1.75 bits per heavy atom. The summed E-state index contributed by atoms with van der Waals surface area (Å²) < 4.78 is 0. The van der Waals surface area contributed by atoms with E-state index >= 15 is 0 Å². The van der Waals surface area contributed by atoms with Crippen LogP contribution in [0.4, 0.5) is 0 Å². The normalized spacial score (nSPS) is 10.8. The topological polar surface area (TPSA) is 39.7 Å². The number of halogens is 1. The highest BCUT2D eigenvalue weighted by molar-refractivity contribution is 14.0. The van der Waals surface area contributed by atoms with Crippen molar-refractivity contribution >= 4 is 29.9 Å². The minimum absolute atomic E-state index is 0. The highest BCUT2D eigenvalue weighted by atomic mass is 127. The molecule has 0 bridgehead atoms. The fraction of sp³-hybridized carbons (Fsp3) is 0.800. The molecule has 0 radical (unpaired) electrons. The zero-order valence-electron chi connectivity index (χ0n) is 13.2. The Kier molecular flexibility index (Phi) is 18.1. The van der Waals surface area contributed by atoms with Gasteiger partial charge in [0, 0.05) is 13.1 Å². The van der Waals surface area contributed by atoms with Gasteiger partial charge in [-0.25, -0.2) is 0 Å². The average molecular weight is 394 g/mol. The fourth-order valence-corrected chi connectivity index (χ4v) is 1.74. The molecule has 118 valence electrons. The summed E-state index contributed by atoms with van der Waals surface area (Å²) in [4.78, 5) is 6.73. The molecule has 0 amide bonds. The number of terminal acetylenes is 1. The van der Waals surface area contributed by atoms with Crippen molar-refractivity contribution in [2.45, 2.75) is 39.0 Å². The largest absolute Gasteiger partial charge is 0.357 e. The molecule has 0 aromatic heterocycles. The van der Waals surface area contributed by atoms with Gasteiger partial charge in [0.2, 0.25) is 0 Å². The monoisotopic (exact) mass is 394 g/mol. The van der Waals surface area contributed by atoms with Gasteiger partial charge in [0.25, 0.3) is 0 Å². The Labute approximate surface area is 142 Å². The van der Waals surface area contributed by atoms with E-state index in [9.17, 15) is 0 Å². The van der Waals surface area contributed by atoms with Crippen LogP contribution in [0, 0.1) is 12.3 Å². The maximum atomic E-state index is 5.22. The lowest BCUT2D eigenvalue weighted by molar-refractivity contribution is 0.390. The Morgan fingerprint density at radius 1 is 1.10 bits per heavy atom. The van der Waals surface area contributed by atoms with Crippen molar-refractivity contribution in [1.82, 2.24) is 15.5 Å². The summed E-state index contributed by atoms with van der Waals surface area (Å²) in [5.74, 6) is 3.38. The number of hydrogen-bond acceptors (Lipinski definition) is 2. The minimum Gasteiger partial charge on any atom is -0.357 e. The number of nitrogens with one attached hydrogen (secondary N) is 2. The van der Waals surface area contributed by atoms with Gasteiger partial charge in [-0.15, -0.1) is 30.4 Å². The van der Waals surface area contributed by atoms with E-state index in [-0.39, 0.29) is 24.0 Å². The first-order chi connectivity index (χ1) is 9.20. The van der Waals surface area contributed by atoms with Crippen molar-refractivity contribution in [3.8, 4) is 12.3 Å². The van der Waals surface area contributed by atoms with Crippen LogP contribution in [0.25, 0.3) is 0 Å². The number of guanidine groups is 1. The Hall–Kier alpha value is -0.480. The molecule has 4 nitrogen and oxygen atoms in total. The zero-order chi connectivity index (χ0) is 14.3. The third-order valence-corrected chi connectivity index (χ3v) is 2.74. The second-order valence-electron chi connectivity index (χ2n) is 4.89. The van der Waals surface area contributed by atoms with E-state index < -0.39 is 0 Å². The molecule has 0 aliphatic heterocycles. The SMILES string of the molecule is C#CCNC(=NCCCCCCCN(C)C)NCC.I. The first-order valence-corrected chi connectivity index (χ1v) is 7.31. The Balaban J connectivity index is 0. The lowest BCUT2D eigenvalue weighted by Crippen LogP contribution is -2.37. The van der Waals surface area contributed by atoms with Crippen molar-refractivity contribution in [3.63, 3.8) is 0 Å². The van der Waals surface area contributed by atoms with Gasteiger partial charge in [-0.2, -0.15) is 0 Å². The maximum absolute atomic E-state index is 5.22. The van der Waals surface area contributed by atoms with Gasteiger partial charge in [-0.3, -0.25) is 4.99 Å². The summed E-state index contributed by atoms with van der Waals surface area (Å²) in [6.07, 6.45) is 11.5. The van der Waals surface area contributed by atoms with E-state index in [2.05, 4.69) is 47.5 Å². The standard InChI is InChI=1S/C15H30N4.HI/c1-5-12-17-15(16-6-2)18-13-10-8-7-9-11-14-19(3)4;/h1H,6-14H2,2-4H3,(H2,16,17,18);1H. The fourth-order valence-electron chi connectivity index (χ4n) is 1.74. The molecule has 0 aliphatic rings. The summed E-state index contributed by atoms with van der Waals surface area (Å²) in [7, 11) is 4.25. The van der Waals surface area contributed by atoms with Gasteiger partial charge >= 0.3 is 0 Å². The predicted molar refractivity (Wildman–Crippen MR) is 99.9 cm³/mol. The molecule has 0 aromatic rings. The highest BCUT2D eigenvalue weighted by Crippen LogP contribution is 2.03. The van der Waals surface area contributed by atoms with Gasteiger partial charge < -0.3 is 15.5 Å². The molecular formula is C15H31IN4. The van der Waals surface area contributed by atoms with Crippen LogP contribution in [0.15, 0.2) is 4.99 Å². The molecule has 20 heavy (non-hydrogen) atoms. The van der Waals surface area contributed by atoms with E-state index in [1.165, 1.54) is 32.2 Å². The molecule has 0 aromatic carbocycles. The van der Waals surface area contributed by atoms with Gasteiger partial charge in [0.15, 0.2) is 5.96 Å². The molecule has 0 fully saturated rings. The number of rotatable bonds is 10. The summed E-state index contributed by atoms with van der Waals surface area (Å²) >= 11 is 0. The Morgan fingerprint density at radius 3 is 2.35 bits per heavy atom. The third-order valence-electron chi connectivity index (χ3n) is 2.74. The van der Waals surface area contributed by atoms with Crippen LogP contribution in [0.2, 0.25) is 0 Å². The highest BCUT2D eigenvalue weighted by Gasteiger charge is 1.95. The molecule has 0 unspecified atom stereocenters. The molecule has 2 N–H and O–H groups in total. The maximum Gasteiger partial charge on any atom is 0.192 e. The predicted octanol–water partition coefficient (Wildman–Crippen LogP) is 2.30. The summed E-state index contributed by atoms with van der Waals surface area (Å²) in [6, 6.07) is 0. The van der Waals surface area contributed by atoms with Gasteiger partial charge in [0.05, 0.1) is 6.54 Å². The molecule has 0 atom stereocenters. The molecular weight excluding hydrogens is 363 g/mol. The number of aliphatic imine (C=N–C) groups is 1. The van der Waals surface area contributed by atoms with Crippen molar-refractivity contribution in [1.29, 1.82) is 0 Å². The quantitative estimate of drug-likeness (QED) is 0.196. The van der Waals surface area contributed by atoms with E-state index in [0.29, 0.717) is 6.54 Å². The van der Waals surface area contributed by atoms with Crippen molar-refractivity contribution in [2.75, 3.05) is 40.3 Å². The van der Waals surface area contributed by atoms with Crippen molar-refractivity contribution in [3.05, 3.63) is 0 Å². The number of hydrogen-bond donors (Lipinski definition) is 2.